The number of H-pyrrole nitrogens is 1. The van der Waals surface area contributed by atoms with Gasteiger partial charge in [0.2, 0.25) is 5.91 Å². The summed E-state index contributed by atoms with van der Waals surface area (Å²) >= 11 is 0. The number of fused-ring (bicyclic) bond motifs is 1. The zero-order valence-corrected chi connectivity index (χ0v) is 12.9. The van der Waals surface area contributed by atoms with Gasteiger partial charge in [0.15, 0.2) is 0 Å². The number of hydrogen-bond donors (Lipinski definition) is 2. The Hall–Kier alpha value is -2.07. The number of carbonyl (C=O) groups is 1. The van der Waals surface area contributed by atoms with Gasteiger partial charge in [0.25, 0.3) is 0 Å². The van der Waals surface area contributed by atoms with Crippen LogP contribution in [0.25, 0.3) is 10.9 Å². The van der Waals surface area contributed by atoms with E-state index in [-0.39, 0.29) is 24.3 Å². The molecule has 22 heavy (non-hydrogen) atoms. The third kappa shape index (κ3) is 2.55. The summed E-state index contributed by atoms with van der Waals surface area (Å²) in [5.74, 6) is 0.312. The molecule has 2 aromatic rings. The van der Waals surface area contributed by atoms with Crippen LogP contribution in [0.15, 0.2) is 37.1 Å². The molecule has 1 amide bonds. The van der Waals surface area contributed by atoms with Crippen LogP contribution < -0.4 is 0 Å². The lowest BCUT2D eigenvalue weighted by Gasteiger charge is -2.37. The molecule has 1 saturated heterocycles. The second-order valence-electron chi connectivity index (χ2n) is 6.17. The Morgan fingerprint density at radius 1 is 1.45 bits per heavy atom. The molecule has 0 radical (unpaired) electrons. The Bertz CT molecular complexity index is 704. The number of aromatic nitrogens is 1. The first kappa shape index (κ1) is 14.9. The zero-order chi connectivity index (χ0) is 15.7. The monoisotopic (exact) mass is 298 g/mol. The van der Waals surface area contributed by atoms with Crippen molar-refractivity contribution < 1.29 is 9.90 Å². The first-order valence-corrected chi connectivity index (χ1v) is 7.72. The van der Waals surface area contributed by atoms with Crippen molar-refractivity contribution in [3.05, 3.63) is 48.2 Å². The summed E-state index contributed by atoms with van der Waals surface area (Å²) in [6.07, 6.45) is 4.22. The van der Waals surface area contributed by atoms with Crippen molar-refractivity contribution in [1.29, 1.82) is 0 Å². The van der Waals surface area contributed by atoms with Gasteiger partial charge < -0.3 is 15.0 Å². The summed E-state index contributed by atoms with van der Waals surface area (Å²) in [4.78, 5) is 17.1. The van der Waals surface area contributed by atoms with Crippen LogP contribution in [0.4, 0.5) is 0 Å². The maximum Gasteiger partial charge on any atom is 0.245 e. The molecule has 2 N–H and O–H groups in total. The minimum absolute atomic E-state index is 0.0550. The van der Waals surface area contributed by atoms with Crippen LogP contribution in [0.5, 0.6) is 0 Å². The Morgan fingerprint density at radius 2 is 2.27 bits per heavy atom. The highest BCUT2D eigenvalue weighted by Gasteiger charge is 2.30. The van der Waals surface area contributed by atoms with Crippen LogP contribution in [0.2, 0.25) is 0 Å². The Morgan fingerprint density at radius 3 is 3.00 bits per heavy atom. The average Bonchev–Trinajstić information content (AvgIpc) is 3.04. The molecule has 1 aliphatic rings. The molecule has 0 spiro atoms. The molecule has 2 heterocycles. The van der Waals surface area contributed by atoms with E-state index in [0.717, 1.165) is 11.9 Å². The van der Waals surface area contributed by atoms with Gasteiger partial charge in [0, 0.05) is 48.6 Å². The fourth-order valence-corrected chi connectivity index (χ4v) is 3.55. The van der Waals surface area contributed by atoms with Gasteiger partial charge in [-0.05, 0) is 36.6 Å². The Balaban J connectivity index is 1.97. The fourth-order valence-electron chi connectivity index (χ4n) is 3.55. The van der Waals surface area contributed by atoms with E-state index in [1.165, 1.54) is 22.6 Å². The number of likely N-dealkylation sites (tertiary alicyclic amines) is 1. The molecule has 4 nitrogen and oxygen atoms in total. The van der Waals surface area contributed by atoms with Gasteiger partial charge in [-0.1, -0.05) is 18.7 Å². The largest absolute Gasteiger partial charge is 0.396 e. The topological polar surface area (TPSA) is 56.3 Å². The number of nitrogens with zero attached hydrogens (tertiary/aromatic N) is 1. The van der Waals surface area contributed by atoms with E-state index in [4.69, 9.17) is 0 Å². The van der Waals surface area contributed by atoms with Crippen molar-refractivity contribution >= 4 is 16.8 Å². The summed E-state index contributed by atoms with van der Waals surface area (Å²) in [7, 11) is 0. The molecular formula is C18H22N2O2. The number of hydrogen-bond acceptors (Lipinski definition) is 2. The van der Waals surface area contributed by atoms with Crippen molar-refractivity contribution in [1.82, 2.24) is 9.88 Å². The van der Waals surface area contributed by atoms with E-state index in [0.29, 0.717) is 13.1 Å². The number of rotatable bonds is 3. The highest BCUT2D eigenvalue weighted by Crippen LogP contribution is 2.35. The van der Waals surface area contributed by atoms with Gasteiger partial charge >= 0.3 is 0 Å². The molecule has 1 fully saturated rings. The van der Waals surface area contributed by atoms with Gasteiger partial charge in [-0.2, -0.15) is 0 Å². The first-order chi connectivity index (χ1) is 10.6. The Kier molecular flexibility index (Phi) is 4.03. The number of piperidine rings is 1. The lowest BCUT2D eigenvalue weighted by molar-refractivity contribution is -0.128. The predicted molar refractivity (Wildman–Crippen MR) is 87.7 cm³/mol. The van der Waals surface area contributed by atoms with Gasteiger partial charge in [-0.15, -0.1) is 0 Å². The van der Waals surface area contributed by atoms with Crippen molar-refractivity contribution in [3.63, 3.8) is 0 Å². The second kappa shape index (κ2) is 5.97. The first-order valence-electron chi connectivity index (χ1n) is 7.72. The molecule has 1 aromatic heterocycles. The maximum absolute atomic E-state index is 12.0. The summed E-state index contributed by atoms with van der Waals surface area (Å²) in [6, 6.07) is 6.38. The van der Waals surface area contributed by atoms with Crippen LogP contribution in [0.1, 0.15) is 23.5 Å². The number of aliphatic hydroxyl groups is 1. The minimum atomic E-state index is -0.0550. The van der Waals surface area contributed by atoms with E-state index in [9.17, 15) is 9.90 Å². The molecule has 116 valence electrons. The molecule has 1 aliphatic heterocycles. The zero-order valence-electron chi connectivity index (χ0n) is 12.9. The summed E-state index contributed by atoms with van der Waals surface area (Å²) < 4.78 is 0. The van der Waals surface area contributed by atoms with Crippen LogP contribution >= 0.6 is 0 Å². The lowest BCUT2D eigenvalue weighted by atomic mass is 9.83. The van der Waals surface area contributed by atoms with Crippen LogP contribution in [0, 0.1) is 12.8 Å². The summed E-state index contributed by atoms with van der Waals surface area (Å²) in [5.41, 5.74) is 3.63. The van der Waals surface area contributed by atoms with E-state index in [2.05, 4.69) is 36.7 Å². The van der Waals surface area contributed by atoms with Gasteiger partial charge in [0.1, 0.15) is 0 Å². The normalized spacial score (nSPS) is 22.0. The molecule has 3 rings (SSSR count). The van der Waals surface area contributed by atoms with E-state index in [1.54, 1.807) is 4.90 Å². The molecular weight excluding hydrogens is 276 g/mol. The van der Waals surface area contributed by atoms with Crippen LogP contribution in [0.3, 0.4) is 0 Å². The number of aromatic amines is 1. The highest BCUT2D eigenvalue weighted by atomic mass is 16.3. The van der Waals surface area contributed by atoms with Crippen LogP contribution in [-0.2, 0) is 4.79 Å². The average molecular weight is 298 g/mol. The second-order valence-corrected chi connectivity index (χ2v) is 6.17. The number of amides is 1. The molecule has 1 aromatic carbocycles. The van der Waals surface area contributed by atoms with Gasteiger partial charge in [0.05, 0.1) is 0 Å². The smallest absolute Gasteiger partial charge is 0.245 e. The number of aliphatic hydroxyl groups excluding tert-OH is 1. The quantitative estimate of drug-likeness (QED) is 0.856. The number of nitrogens with one attached hydrogen (secondary N) is 1. The number of aryl methyl sites for hydroxylation is 1. The molecule has 2 atom stereocenters. The van der Waals surface area contributed by atoms with Gasteiger partial charge in [-0.3, -0.25) is 4.79 Å². The summed E-state index contributed by atoms with van der Waals surface area (Å²) in [5, 5.41) is 10.8. The Labute approximate surface area is 130 Å². The molecule has 4 heteroatoms. The van der Waals surface area contributed by atoms with Crippen molar-refractivity contribution in [3.8, 4) is 0 Å². The van der Waals surface area contributed by atoms with E-state index < -0.39 is 0 Å². The molecule has 2 unspecified atom stereocenters. The minimum Gasteiger partial charge on any atom is -0.396 e. The summed E-state index contributed by atoms with van der Waals surface area (Å²) in [6.45, 7) is 7.08. The highest BCUT2D eigenvalue weighted by molar-refractivity contribution is 5.88. The number of carbonyl (C=O) groups excluding carboxylic acids is 1. The SMILES string of the molecule is C=CC(=O)N1CC(CO)CC(c2ccc(C)c3[nH]ccc23)C1. The fraction of sp³-hybridized carbons (Fsp3) is 0.389. The van der Waals surface area contributed by atoms with E-state index >= 15 is 0 Å². The van der Waals surface area contributed by atoms with Crippen molar-refractivity contribution in [2.45, 2.75) is 19.3 Å². The number of benzene rings is 1. The molecule has 0 aliphatic carbocycles. The van der Waals surface area contributed by atoms with Crippen LogP contribution in [-0.4, -0.2) is 40.6 Å². The van der Waals surface area contributed by atoms with Crippen molar-refractivity contribution in [2.24, 2.45) is 5.92 Å². The third-order valence-electron chi connectivity index (χ3n) is 4.69. The third-order valence-corrected chi connectivity index (χ3v) is 4.69. The maximum atomic E-state index is 12.0. The van der Waals surface area contributed by atoms with Crippen molar-refractivity contribution in [2.75, 3.05) is 19.7 Å². The van der Waals surface area contributed by atoms with Gasteiger partial charge in [-0.25, -0.2) is 0 Å². The lowest BCUT2D eigenvalue weighted by Crippen LogP contribution is -2.43. The van der Waals surface area contributed by atoms with E-state index in [1.807, 2.05) is 6.20 Å². The predicted octanol–water partition coefficient (Wildman–Crippen LogP) is 2.59. The molecule has 0 saturated carbocycles. The molecule has 0 bridgehead atoms. The standard InChI is InChI=1S/C18H22N2O2/c1-3-17(22)20-9-13(11-21)8-14(10-20)15-5-4-12(2)18-16(15)6-7-19-18/h3-7,13-14,19,21H,1,8-11H2,2H3.